The summed E-state index contributed by atoms with van der Waals surface area (Å²) in [6.45, 7) is 5.69. The van der Waals surface area contributed by atoms with Crippen molar-refractivity contribution in [1.82, 2.24) is 0 Å². The third-order valence-corrected chi connectivity index (χ3v) is 2.10. The first kappa shape index (κ1) is 8.75. The lowest BCUT2D eigenvalue weighted by Crippen LogP contribution is -1.75. The average molecular weight is 186 g/mol. The maximum atomic E-state index is 10.5. The van der Waals surface area contributed by atoms with Gasteiger partial charge in [-0.05, 0) is 36.8 Å². The van der Waals surface area contributed by atoms with Crippen molar-refractivity contribution in [3.05, 3.63) is 42.2 Å². The molecule has 0 radical (unpaired) electrons. The molecule has 70 valence electrons. The second-order valence-electron chi connectivity index (χ2n) is 3.31. The molecule has 1 heterocycles. The molecule has 2 rings (SSSR count). The van der Waals surface area contributed by atoms with Gasteiger partial charge in [0.05, 0.1) is 0 Å². The molecule has 1 aromatic heterocycles. The molecule has 0 atom stereocenters. The highest BCUT2D eigenvalue weighted by atomic mass is 16.3. The minimum Gasteiger partial charge on any atom is -0.456 e. The van der Waals surface area contributed by atoms with E-state index in [2.05, 4.69) is 6.58 Å². The van der Waals surface area contributed by atoms with Crippen LogP contribution in [-0.4, -0.2) is 6.29 Å². The minimum atomic E-state index is 0.659. The van der Waals surface area contributed by atoms with Crippen molar-refractivity contribution < 1.29 is 9.21 Å². The van der Waals surface area contributed by atoms with Crippen molar-refractivity contribution in [1.29, 1.82) is 0 Å². The number of benzene rings is 1. The third-order valence-electron chi connectivity index (χ3n) is 2.10. The lowest BCUT2D eigenvalue weighted by molar-refractivity contribution is 0.112. The molecule has 0 amide bonds. The second kappa shape index (κ2) is 3.14. The monoisotopic (exact) mass is 186 g/mol. The quantitative estimate of drug-likeness (QED) is 0.674. The summed E-state index contributed by atoms with van der Waals surface area (Å²) >= 11 is 0. The van der Waals surface area contributed by atoms with E-state index in [4.69, 9.17) is 4.42 Å². The fourth-order valence-corrected chi connectivity index (χ4v) is 1.35. The summed E-state index contributed by atoms with van der Waals surface area (Å²) in [4.78, 5) is 10.5. The maximum Gasteiger partial charge on any atom is 0.150 e. The topological polar surface area (TPSA) is 30.2 Å². The van der Waals surface area contributed by atoms with E-state index < -0.39 is 0 Å². The zero-order valence-corrected chi connectivity index (χ0v) is 7.91. The summed E-state index contributed by atoms with van der Waals surface area (Å²) in [5, 5.41) is 0.938. The molecular weight excluding hydrogens is 176 g/mol. The lowest BCUT2D eigenvalue weighted by atomic mass is 10.1. The van der Waals surface area contributed by atoms with Crippen LogP contribution in [0.2, 0.25) is 0 Å². The van der Waals surface area contributed by atoms with E-state index in [1.165, 1.54) is 0 Å². The Hall–Kier alpha value is -1.83. The van der Waals surface area contributed by atoms with Gasteiger partial charge in [-0.2, -0.15) is 0 Å². The fourth-order valence-electron chi connectivity index (χ4n) is 1.35. The van der Waals surface area contributed by atoms with Gasteiger partial charge in [-0.25, -0.2) is 0 Å². The normalized spacial score (nSPS) is 10.4. The molecule has 0 aliphatic heterocycles. The molecule has 2 aromatic rings. The number of hydrogen-bond acceptors (Lipinski definition) is 2. The zero-order valence-electron chi connectivity index (χ0n) is 7.91. The van der Waals surface area contributed by atoms with Crippen LogP contribution in [0, 0.1) is 0 Å². The van der Waals surface area contributed by atoms with Gasteiger partial charge in [0.2, 0.25) is 0 Å². The van der Waals surface area contributed by atoms with E-state index in [0.717, 1.165) is 28.6 Å². The van der Waals surface area contributed by atoms with Crippen LogP contribution in [0.3, 0.4) is 0 Å². The first-order chi connectivity index (χ1) is 6.70. The first-order valence-corrected chi connectivity index (χ1v) is 4.35. The summed E-state index contributed by atoms with van der Waals surface area (Å²) in [5.41, 5.74) is 2.33. The van der Waals surface area contributed by atoms with Crippen LogP contribution in [-0.2, 0) is 0 Å². The first-order valence-electron chi connectivity index (χ1n) is 4.35. The Morgan fingerprint density at radius 2 is 2.21 bits per heavy atom. The number of carbonyl (C=O) groups excluding carboxylic acids is 1. The van der Waals surface area contributed by atoms with Crippen LogP contribution in [0.4, 0.5) is 0 Å². The van der Waals surface area contributed by atoms with Crippen LogP contribution in [0.15, 0.2) is 35.3 Å². The van der Waals surface area contributed by atoms with Gasteiger partial charge in [-0.15, -0.1) is 0 Å². The molecule has 2 heteroatoms. The molecule has 0 spiro atoms. The second-order valence-corrected chi connectivity index (χ2v) is 3.31. The predicted octanol–water partition coefficient (Wildman–Crippen LogP) is 3.28. The summed E-state index contributed by atoms with van der Waals surface area (Å²) in [7, 11) is 0. The predicted molar refractivity (Wildman–Crippen MR) is 56.3 cm³/mol. The van der Waals surface area contributed by atoms with Crippen LogP contribution in [0.1, 0.15) is 23.0 Å². The highest BCUT2D eigenvalue weighted by molar-refractivity contribution is 5.87. The van der Waals surface area contributed by atoms with Crippen LogP contribution in [0.5, 0.6) is 0 Å². The number of fused-ring (bicyclic) bond motifs is 1. The molecule has 0 unspecified atom stereocenters. The largest absolute Gasteiger partial charge is 0.456 e. The van der Waals surface area contributed by atoms with E-state index in [0.29, 0.717) is 5.56 Å². The van der Waals surface area contributed by atoms with Gasteiger partial charge >= 0.3 is 0 Å². The van der Waals surface area contributed by atoms with Gasteiger partial charge in [0.25, 0.3) is 0 Å². The fraction of sp³-hybridized carbons (Fsp3) is 0.0833. The summed E-state index contributed by atoms with van der Waals surface area (Å²) in [6, 6.07) is 7.23. The average Bonchev–Trinajstić information content (AvgIpc) is 2.59. The number of hydrogen-bond donors (Lipinski definition) is 0. The van der Waals surface area contributed by atoms with E-state index in [1.54, 1.807) is 18.2 Å². The van der Waals surface area contributed by atoms with Crippen molar-refractivity contribution in [2.24, 2.45) is 0 Å². The van der Waals surface area contributed by atoms with Crippen molar-refractivity contribution in [3.8, 4) is 0 Å². The molecule has 0 aliphatic carbocycles. The van der Waals surface area contributed by atoms with Gasteiger partial charge in [0, 0.05) is 10.9 Å². The van der Waals surface area contributed by atoms with Crippen LogP contribution < -0.4 is 0 Å². The molecule has 0 N–H and O–H groups in total. The molecule has 0 bridgehead atoms. The van der Waals surface area contributed by atoms with E-state index >= 15 is 0 Å². The number of aldehydes is 1. The molecule has 0 fully saturated rings. The number of furan rings is 1. The van der Waals surface area contributed by atoms with E-state index in [9.17, 15) is 4.79 Å². The third kappa shape index (κ3) is 1.35. The SMILES string of the molecule is C=C(C)c1cc2cc(C=O)ccc2o1. The molecule has 0 saturated heterocycles. The van der Waals surface area contributed by atoms with Crippen LogP contribution in [0.25, 0.3) is 16.5 Å². The molecule has 0 saturated carbocycles. The smallest absolute Gasteiger partial charge is 0.150 e. The number of rotatable bonds is 2. The number of allylic oxidation sites excluding steroid dienone is 1. The summed E-state index contributed by atoms with van der Waals surface area (Å²) in [6.07, 6.45) is 0.826. The van der Waals surface area contributed by atoms with Gasteiger partial charge in [0.15, 0.2) is 0 Å². The Labute approximate surface area is 81.8 Å². The Bertz CT molecular complexity index is 506. The molecular formula is C12H10O2. The van der Waals surface area contributed by atoms with E-state index in [1.807, 2.05) is 13.0 Å². The molecule has 2 nitrogen and oxygen atoms in total. The Morgan fingerprint density at radius 3 is 2.86 bits per heavy atom. The van der Waals surface area contributed by atoms with Gasteiger partial charge < -0.3 is 4.42 Å². The van der Waals surface area contributed by atoms with Gasteiger partial charge in [-0.3, -0.25) is 4.79 Å². The van der Waals surface area contributed by atoms with Crippen molar-refractivity contribution >= 4 is 22.8 Å². The van der Waals surface area contributed by atoms with E-state index in [-0.39, 0.29) is 0 Å². The Balaban J connectivity index is 2.65. The zero-order chi connectivity index (χ0) is 10.1. The molecule has 14 heavy (non-hydrogen) atoms. The highest BCUT2D eigenvalue weighted by Gasteiger charge is 2.04. The maximum absolute atomic E-state index is 10.5. The minimum absolute atomic E-state index is 0.659. The Kier molecular flexibility index (Phi) is 1.97. The Morgan fingerprint density at radius 1 is 1.43 bits per heavy atom. The molecule has 0 aliphatic rings. The van der Waals surface area contributed by atoms with Crippen LogP contribution >= 0.6 is 0 Å². The van der Waals surface area contributed by atoms with Gasteiger partial charge in [0.1, 0.15) is 17.6 Å². The summed E-state index contributed by atoms with van der Waals surface area (Å²) in [5.74, 6) is 0.767. The lowest BCUT2D eigenvalue weighted by Gasteiger charge is -1.89. The highest BCUT2D eigenvalue weighted by Crippen LogP contribution is 2.24. The van der Waals surface area contributed by atoms with Crippen molar-refractivity contribution in [2.75, 3.05) is 0 Å². The standard InChI is InChI=1S/C12H10O2/c1-8(2)12-6-10-5-9(7-13)3-4-11(10)14-12/h3-7H,1H2,2H3. The number of carbonyl (C=O) groups is 1. The molecule has 1 aromatic carbocycles. The summed E-state index contributed by atoms with van der Waals surface area (Å²) < 4.78 is 5.51. The van der Waals surface area contributed by atoms with Crippen molar-refractivity contribution in [2.45, 2.75) is 6.92 Å². The van der Waals surface area contributed by atoms with Gasteiger partial charge in [-0.1, -0.05) is 6.58 Å². The van der Waals surface area contributed by atoms with Crippen molar-refractivity contribution in [3.63, 3.8) is 0 Å².